The topological polar surface area (TPSA) is 35.5 Å². The molecule has 0 aliphatic carbocycles. The molecule has 0 saturated heterocycles. The van der Waals surface area contributed by atoms with Crippen molar-refractivity contribution < 1.29 is 14.3 Å². The number of benzene rings is 2. The van der Waals surface area contributed by atoms with E-state index in [1.807, 2.05) is 18.2 Å². The average molecular weight is 307 g/mol. The highest BCUT2D eigenvalue weighted by atomic mass is 79.9. The SMILES string of the molecule is COc1ccccc1Oc1ccc(Br)cc1C=O. The second kappa shape index (κ2) is 5.69. The number of ether oxygens (including phenoxy) is 2. The van der Waals surface area contributed by atoms with Crippen LogP contribution >= 0.6 is 15.9 Å². The molecule has 2 aromatic carbocycles. The Hall–Kier alpha value is -1.81. The highest BCUT2D eigenvalue weighted by Gasteiger charge is 2.08. The molecular formula is C14H11BrO3. The summed E-state index contributed by atoms with van der Waals surface area (Å²) in [6.45, 7) is 0. The lowest BCUT2D eigenvalue weighted by molar-refractivity contribution is 0.112. The number of hydrogen-bond acceptors (Lipinski definition) is 3. The van der Waals surface area contributed by atoms with E-state index in [1.54, 1.807) is 31.4 Å². The highest BCUT2D eigenvalue weighted by Crippen LogP contribution is 2.33. The van der Waals surface area contributed by atoms with Crippen LogP contribution in [0.25, 0.3) is 0 Å². The molecule has 0 radical (unpaired) electrons. The first-order valence-corrected chi connectivity index (χ1v) is 6.09. The van der Waals surface area contributed by atoms with Gasteiger partial charge in [-0.25, -0.2) is 0 Å². The molecule has 18 heavy (non-hydrogen) atoms. The Morgan fingerprint density at radius 1 is 1.06 bits per heavy atom. The molecule has 92 valence electrons. The molecule has 0 heterocycles. The molecule has 0 unspecified atom stereocenters. The maximum atomic E-state index is 11.0. The maximum Gasteiger partial charge on any atom is 0.169 e. The summed E-state index contributed by atoms with van der Waals surface area (Å²) >= 11 is 3.31. The van der Waals surface area contributed by atoms with Crippen molar-refractivity contribution in [3.05, 3.63) is 52.5 Å². The van der Waals surface area contributed by atoms with Crippen LogP contribution in [0, 0.1) is 0 Å². The molecule has 0 aliphatic heterocycles. The van der Waals surface area contributed by atoms with Gasteiger partial charge < -0.3 is 9.47 Å². The maximum absolute atomic E-state index is 11.0. The number of hydrogen-bond donors (Lipinski definition) is 0. The van der Waals surface area contributed by atoms with E-state index < -0.39 is 0 Å². The number of para-hydroxylation sites is 2. The van der Waals surface area contributed by atoms with Crippen molar-refractivity contribution >= 4 is 22.2 Å². The van der Waals surface area contributed by atoms with Gasteiger partial charge in [-0.1, -0.05) is 28.1 Å². The Morgan fingerprint density at radius 3 is 2.44 bits per heavy atom. The minimum absolute atomic E-state index is 0.482. The summed E-state index contributed by atoms with van der Waals surface area (Å²) in [5.41, 5.74) is 0.482. The number of carbonyl (C=O) groups is 1. The van der Waals surface area contributed by atoms with E-state index in [1.165, 1.54) is 0 Å². The van der Waals surface area contributed by atoms with E-state index in [2.05, 4.69) is 15.9 Å². The van der Waals surface area contributed by atoms with Gasteiger partial charge in [-0.15, -0.1) is 0 Å². The first-order chi connectivity index (χ1) is 8.74. The molecule has 0 amide bonds. The fourth-order valence-electron chi connectivity index (χ4n) is 1.53. The first-order valence-electron chi connectivity index (χ1n) is 5.30. The molecule has 0 saturated carbocycles. The van der Waals surface area contributed by atoms with Crippen molar-refractivity contribution in [3.8, 4) is 17.2 Å². The summed E-state index contributed by atoms with van der Waals surface area (Å²) in [4.78, 5) is 11.0. The third kappa shape index (κ3) is 2.71. The van der Waals surface area contributed by atoms with E-state index in [0.717, 1.165) is 10.8 Å². The van der Waals surface area contributed by atoms with Crippen molar-refractivity contribution in [1.82, 2.24) is 0 Å². The predicted molar refractivity (Wildman–Crippen MR) is 72.6 cm³/mol. The monoisotopic (exact) mass is 306 g/mol. The summed E-state index contributed by atoms with van der Waals surface area (Å²) in [7, 11) is 1.57. The van der Waals surface area contributed by atoms with Gasteiger partial charge in [0.2, 0.25) is 0 Å². The third-order valence-corrected chi connectivity index (χ3v) is 2.88. The van der Waals surface area contributed by atoms with Crippen LogP contribution in [0.5, 0.6) is 17.2 Å². The van der Waals surface area contributed by atoms with E-state index in [4.69, 9.17) is 9.47 Å². The third-order valence-electron chi connectivity index (χ3n) is 2.39. The highest BCUT2D eigenvalue weighted by molar-refractivity contribution is 9.10. The second-order valence-electron chi connectivity index (χ2n) is 3.55. The summed E-state index contributed by atoms with van der Waals surface area (Å²) in [5.74, 6) is 1.69. The normalized spacial score (nSPS) is 9.89. The molecule has 3 nitrogen and oxygen atoms in total. The summed E-state index contributed by atoms with van der Waals surface area (Å²) in [6.07, 6.45) is 0.759. The zero-order valence-electron chi connectivity index (χ0n) is 9.72. The number of halogens is 1. The van der Waals surface area contributed by atoms with Gasteiger partial charge in [0, 0.05) is 4.47 Å². The van der Waals surface area contributed by atoms with Crippen LogP contribution in [0.15, 0.2) is 46.9 Å². The standard InChI is InChI=1S/C14H11BrO3/c1-17-13-4-2-3-5-14(13)18-12-7-6-11(15)8-10(12)9-16/h2-9H,1H3. The van der Waals surface area contributed by atoms with Crippen molar-refractivity contribution in [2.75, 3.05) is 7.11 Å². The van der Waals surface area contributed by atoms with Crippen molar-refractivity contribution in [3.63, 3.8) is 0 Å². The van der Waals surface area contributed by atoms with Crippen molar-refractivity contribution in [2.24, 2.45) is 0 Å². The van der Waals surface area contributed by atoms with Gasteiger partial charge in [0.25, 0.3) is 0 Å². The molecule has 0 bridgehead atoms. The average Bonchev–Trinajstić information content (AvgIpc) is 2.41. The molecule has 0 spiro atoms. The molecule has 2 aromatic rings. The van der Waals surface area contributed by atoms with Crippen LogP contribution in [0.2, 0.25) is 0 Å². The second-order valence-corrected chi connectivity index (χ2v) is 4.47. The molecule has 0 N–H and O–H groups in total. The van der Waals surface area contributed by atoms with Gasteiger partial charge in [-0.2, -0.15) is 0 Å². The Labute approximate surface area is 113 Å². The zero-order valence-corrected chi connectivity index (χ0v) is 11.3. The van der Waals surface area contributed by atoms with Crippen LogP contribution in [0.4, 0.5) is 0 Å². The van der Waals surface area contributed by atoms with Gasteiger partial charge >= 0.3 is 0 Å². The lowest BCUT2D eigenvalue weighted by Gasteiger charge is -2.11. The predicted octanol–water partition coefficient (Wildman–Crippen LogP) is 4.06. The molecular weight excluding hydrogens is 296 g/mol. The number of methoxy groups -OCH3 is 1. The van der Waals surface area contributed by atoms with Crippen LogP contribution in [-0.4, -0.2) is 13.4 Å². The summed E-state index contributed by atoms with van der Waals surface area (Å²) in [5, 5.41) is 0. The van der Waals surface area contributed by atoms with Gasteiger partial charge in [0.05, 0.1) is 12.7 Å². The van der Waals surface area contributed by atoms with Crippen molar-refractivity contribution in [1.29, 1.82) is 0 Å². The Morgan fingerprint density at radius 2 is 1.78 bits per heavy atom. The van der Waals surface area contributed by atoms with Gasteiger partial charge in [-0.3, -0.25) is 4.79 Å². The minimum atomic E-state index is 0.482. The van der Waals surface area contributed by atoms with Crippen LogP contribution < -0.4 is 9.47 Å². The largest absolute Gasteiger partial charge is 0.493 e. The van der Waals surface area contributed by atoms with Crippen molar-refractivity contribution in [2.45, 2.75) is 0 Å². The fourth-order valence-corrected chi connectivity index (χ4v) is 1.90. The van der Waals surface area contributed by atoms with E-state index >= 15 is 0 Å². The Bertz CT molecular complexity index is 567. The number of aldehydes is 1. The fraction of sp³-hybridized carbons (Fsp3) is 0.0714. The number of carbonyl (C=O) groups excluding carboxylic acids is 1. The van der Waals surface area contributed by atoms with E-state index in [9.17, 15) is 4.79 Å². The zero-order chi connectivity index (χ0) is 13.0. The quantitative estimate of drug-likeness (QED) is 0.799. The lowest BCUT2D eigenvalue weighted by Crippen LogP contribution is -1.93. The summed E-state index contributed by atoms with van der Waals surface area (Å²) < 4.78 is 11.7. The molecule has 0 fully saturated rings. The molecule has 0 aromatic heterocycles. The first kappa shape index (κ1) is 12.6. The molecule has 2 rings (SSSR count). The molecule has 4 heteroatoms. The Kier molecular flexibility index (Phi) is 3.99. The van der Waals surface area contributed by atoms with Gasteiger partial charge in [0.15, 0.2) is 17.8 Å². The Balaban J connectivity index is 2.36. The van der Waals surface area contributed by atoms with Crippen LogP contribution in [-0.2, 0) is 0 Å². The van der Waals surface area contributed by atoms with E-state index in [-0.39, 0.29) is 0 Å². The minimum Gasteiger partial charge on any atom is -0.493 e. The molecule has 0 atom stereocenters. The van der Waals surface area contributed by atoms with Gasteiger partial charge in [0.1, 0.15) is 5.75 Å². The lowest BCUT2D eigenvalue weighted by atomic mass is 10.2. The summed E-state index contributed by atoms with van der Waals surface area (Å²) in [6, 6.07) is 12.5. The smallest absolute Gasteiger partial charge is 0.169 e. The number of rotatable bonds is 4. The van der Waals surface area contributed by atoms with E-state index in [0.29, 0.717) is 22.8 Å². The van der Waals surface area contributed by atoms with Crippen LogP contribution in [0.1, 0.15) is 10.4 Å². The molecule has 0 aliphatic rings. The van der Waals surface area contributed by atoms with Crippen LogP contribution in [0.3, 0.4) is 0 Å². The van der Waals surface area contributed by atoms with Gasteiger partial charge in [-0.05, 0) is 30.3 Å².